The Morgan fingerprint density at radius 3 is 1.44 bits per heavy atom. The van der Waals surface area contributed by atoms with Crippen LogP contribution in [0.3, 0.4) is 0 Å². The molecule has 0 saturated heterocycles. The van der Waals surface area contributed by atoms with Crippen LogP contribution in [0.2, 0.25) is 0 Å². The van der Waals surface area contributed by atoms with E-state index in [1.165, 1.54) is 0 Å². The molecule has 0 atom stereocenters. The van der Waals surface area contributed by atoms with Crippen molar-refractivity contribution in [1.29, 1.82) is 0 Å². The van der Waals surface area contributed by atoms with Gasteiger partial charge in [-0.1, -0.05) is 84.2 Å². The van der Waals surface area contributed by atoms with Gasteiger partial charge in [-0.05, 0) is 11.1 Å². The van der Waals surface area contributed by atoms with Gasteiger partial charge in [-0.25, -0.2) is 0 Å². The monoisotopic (exact) mass is 251 g/mol. The number of hydrogen-bond donors (Lipinski definition) is 0. The van der Waals surface area contributed by atoms with Crippen LogP contribution >= 0.6 is 0 Å². The zero-order valence-electron chi connectivity index (χ0n) is 10.1. The van der Waals surface area contributed by atoms with Crippen LogP contribution in [-0.2, 0) is 4.80 Å². The van der Waals surface area contributed by atoms with Crippen molar-refractivity contribution in [3.8, 4) is 0 Å². The van der Waals surface area contributed by atoms with Crippen molar-refractivity contribution in [2.24, 2.45) is 0 Å². The van der Waals surface area contributed by atoms with E-state index in [4.69, 9.17) is 0 Å². The Balaban J connectivity index is 1.95. The van der Waals surface area contributed by atoms with E-state index in [0.29, 0.717) is 0 Å². The molecule has 89 valence electrons. The highest BCUT2D eigenvalue weighted by Gasteiger charge is 1.98. The average molecular weight is 251 g/mol. The smallest absolute Gasteiger partial charge is 0.269 e. The van der Waals surface area contributed by atoms with Crippen LogP contribution in [0.25, 0.3) is 12.2 Å². The number of rotatable bonds is 4. The summed E-state index contributed by atoms with van der Waals surface area (Å²) in [6.45, 7) is 0. The van der Waals surface area contributed by atoms with E-state index in [1.807, 2.05) is 72.8 Å². The van der Waals surface area contributed by atoms with Crippen LogP contribution in [0.15, 0.2) is 72.1 Å². The second kappa shape index (κ2) is 6.74. The first-order chi connectivity index (χ1) is 8.84. The molecule has 2 aromatic rings. The molecule has 2 heteroatoms. The second-order valence-electron chi connectivity index (χ2n) is 4.00. The Hall–Kier alpha value is -1.90. The first-order valence-corrected chi connectivity index (χ1v) is 7.77. The summed E-state index contributed by atoms with van der Waals surface area (Å²) >= 11 is 0. The Bertz CT molecular complexity index is 468. The van der Waals surface area contributed by atoms with Crippen LogP contribution in [0.1, 0.15) is 11.1 Å². The first kappa shape index (κ1) is 12.6. The minimum Gasteiger partial charge on any atom is -0.291 e. The summed E-state index contributed by atoms with van der Waals surface area (Å²) < 4.78 is 0. The van der Waals surface area contributed by atoms with Crippen LogP contribution in [0.4, 0.5) is 0 Å². The summed E-state index contributed by atoms with van der Waals surface area (Å²) in [5.74, 6) is 0. The molecule has 0 aliphatic heterocycles. The molecule has 0 spiro atoms. The topological polar surface area (TPSA) is 19.9 Å². The molecule has 0 aliphatic rings. The normalized spacial score (nSPS) is 13.2. The van der Waals surface area contributed by atoms with Crippen LogP contribution in [-0.4, -0.2) is 9.04 Å². The van der Waals surface area contributed by atoms with E-state index in [0.717, 1.165) is 11.1 Å². The van der Waals surface area contributed by atoms with Crippen molar-refractivity contribution in [3.63, 3.8) is 0 Å². The molecule has 2 aromatic carbocycles. The van der Waals surface area contributed by atoms with Gasteiger partial charge in [0.15, 0.2) is 0 Å². The maximum atomic E-state index is 11.8. The highest BCUT2D eigenvalue weighted by molar-refractivity contribution is 6.62. The van der Waals surface area contributed by atoms with Crippen molar-refractivity contribution < 1.29 is 4.80 Å². The predicted octanol–water partition coefficient (Wildman–Crippen LogP) is 3.65. The summed E-state index contributed by atoms with van der Waals surface area (Å²) in [7, 11) is -2.15. The summed E-state index contributed by atoms with van der Waals surface area (Å²) in [5.41, 5.74) is 5.77. The van der Waals surface area contributed by atoms with Gasteiger partial charge in [-0.2, -0.15) is 0 Å². The van der Waals surface area contributed by atoms with Gasteiger partial charge >= 0.3 is 0 Å². The fourth-order valence-corrected chi connectivity index (χ4v) is 2.56. The summed E-state index contributed by atoms with van der Waals surface area (Å²) in [6.07, 6.45) is 3.83. The molecule has 1 radical (unpaired) electrons. The van der Waals surface area contributed by atoms with Crippen molar-refractivity contribution in [2.75, 3.05) is 0 Å². The SMILES string of the molecule is [O][SiH](C=Cc1ccccc1)C=Cc1ccccc1. The molecule has 0 amide bonds. The lowest BCUT2D eigenvalue weighted by Crippen LogP contribution is -2.00. The average Bonchev–Trinajstić information content (AvgIpc) is 2.45. The van der Waals surface area contributed by atoms with Gasteiger partial charge in [0.1, 0.15) is 0 Å². The third-order valence-corrected chi connectivity index (χ3v) is 3.70. The lowest BCUT2D eigenvalue weighted by molar-refractivity contribution is 0.469. The van der Waals surface area contributed by atoms with Crippen LogP contribution < -0.4 is 0 Å². The fourth-order valence-electron chi connectivity index (χ4n) is 1.60. The van der Waals surface area contributed by atoms with Gasteiger partial charge in [0.05, 0.1) is 0 Å². The van der Waals surface area contributed by atoms with E-state index in [2.05, 4.69) is 0 Å². The summed E-state index contributed by atoms with van der Waals surface area (Å²) in [5, 5.41) is 0. The molecule has 0 aromatic heterocycles. The molecule has 2 rings (SSSR count). The van der Waals surface area contributed by atoms with Gasteiger partial charge in [0.2, 0.25) is 0 Å². The second-order valence-corrected chi connectivity index (χ2v) is 5.70. The standard InChI is InChI=1S/C16H15OSi/c17-18(13-11-15-7-3-1-4-8-15)14-12-16-9-5-2-6-10-16/h1-14,18H. The lowest BCUT2D eigenvalue weighted by atomic mass is 10.2. The number of hydrogen-bond acceptors (Lipinski definition) is 0. The van der Waals surface area contributed by atoms with E-state index in [-0.39, 0.29) is 0 Å². The molecular weight excluding hydrogens is 236 g/mol. The highest BCUT2D eigenvalue weighted by Crippen LogP contribution is 2.04. The van der Waals surface area contributed by atoms with E-state index in [1.54, 1.807) is 11.4 Å². The summed E-state index contributed by atoms with van der Waals surface area (Å²) in [4.78, 5) is 11.8. The molecule has 0 N–H and O–H groups in total. The van der Waals surface area contributed by atoms with Crippen molar-refractivity contribution in [1.82, 2.24) is 0 Å². The Morgan fingerprint density at radius 1 is 0.667 bits per heavy atom. The molecule has 0 heterocycles. The highest BCUT2D eigenvalue weighted by atomic mass is 28.3. The van der Waals surface area contributed by atoms with E-state index in [9.17, 15) is 4.80 Å². The van der Waals surface area contributed by atoms with Gasteiger partial charge < -0.3 is 0 Å². The molecule has 1 nitrogen and oxygen atoms in total. The van der Waals surface area contributed by atoms with Crippen molar-refractivity contribution >= 4 is 21.2 Å². The quantitative estimate of drug-likeness (QED) is 0.739. The third-order valence-electron chi connectivity index (χ3n) is 2.56. The predicted molar refractivity (Wildman–Crippen MR) is 78.8 cm³/mol. The van der Waals surface area contributed by atoms with E-state index >= 15 is 0 Å². The molecule has 0 saturated carbocycles. The molecule has 0 unspecified atom stereocenters. The minimum atomic E-state index is -2.15. The van der Waals surface area contributed by atoms with E-state index < -0.39 is 9.04 Å². The molecule has 18 heavy (non-hydrogen) atoms. The fraction of sp³-hybridized carbons (Fsp3) is 0. The van der Waals surface area contributed by atoms with Crippen LogP contribution in [0, 0.1) is 0 Å². The Labute approximate surface area is 109 Å². The minimum absolute atomic E-state index is 1.08. The Kier molecular flexibility index (Phi) is 4.70. The van der Waals surface area contributed by atoms with Crippen molar-refractivity contribution in [2.45, 2.75) is 0 Å². The maximum Gasteiger partial charge on any atom is 0.269 e. The summed E-state index contributed by atoms with van der Waals surface area (Å²) in [6, 6.07) is 19.8. The van der Waals surface area contributed by atoms with Gasteiger partial charge in [0.25, 0.3) is 9.04 Å². The van der Waals surface area contributed by atoms with Gasteiger partial charge in [-0.3, -0.25) is 4.80 Å². The zero-order chi connectivity index (χ0) is 12.6. The van der Waals surface area contributed by atoms with Gasteiger partial charge in [0, 0.05) is 0 Å². The zero-order valence-corrected chi connectivity index (χ0v) is 11.2. The molecule has 0 fully saturated rings. The number of benzene rings is 2. The third kappa shape index (κ3) is 4.16. The molecular formula is C16H15OSi. The van der Waals surface area contributed by atoms with Crippen LogP contribution in [0.5, 0.6) is 0 Å². The molecule has 0 aliphatic carbocycles. The largest absolute Gasteiger partial charge is 0.291 e. The maximum absolute atomic E-state index is 11.8. The van der Waals surface area contributed by atoms with Crippen molar-refractivity contribution in [3.05, 3.63) is 83.2 Å². The van der Waals surface area contributed by atoms with Gasteiger partial charge in [-0.15, -0.1) is 0 Å². The first-order valence-electron chi connectivity index (χ1n) is 5.97. The lowest BCUT2D eigenvalue weighted by Gasteiger charge is -1.94. The molecule has 0 bridgehead atoms. The Morgan fingerprint density at radius 2 is 1.06 bits per heavy atom.